The minimum absolute atomic E-state index is 0.381. The van der Waals surface area contributed by atoms with Gasteiger partial charge in [0.15, 0.2) is 0 Å². The lowest BCUT2D eigenvalue weighted by atomic mass is 9.87. The van der Waals surface area contributed by atoms with Gasteiger partial charge in [0.25, 0.3) is 0 Å². The Morgan fingerprint density at radius 2 is 1.96 bits per heavy atom. The zero-order chi connectivity index (χ0) is 17.7. The summed E-state index contributed by atoms with van der Waals surface area (Å²) in [6, 6.07) is 6.28. The summed E-state index contributed by atoms with van der Waals surface area (Å²) in [5.41, 5.74) is 2.57. The molecule has 0 spiro atoms. The summed E-state index contributed by atoms with van der Waals surface area (Å²) in [5.74, 6) is -0.387. The van der Waals surface area contributed by atoms with Crippen molar-refractivity contribution in [3.63, 3.8) is 0 Å². The van der Waals surface area contributed by atoms with E-state index in [1.165, 1.54) is 28.9 Å². The number of benzene rings is 1. The fourth-order valence-corrected chi connectivity index (χ4v) is 3.31. The van der Waals surface area contributed by atoms with E-state index in [2.05, 4.69) is 32.0 Å². The largest absolute Gasteiger partial charge is 0.468 e. The Morgan fingerprint density at radius 3 is 2.54 bits per heavy atom. The van der Waals surface area contributed by atoms with Gasteiger partial charge in [-0.25, -0.2) is 4.79 Å². The van der Waals surface area contributed by atoms with Crippen LogP contribution in [0.3, 0.4) is 0 Å². The van der Waals surface area contributed by atoms with Crippen molar-refractivity contribution in [3.05, 3.63) is 34.9 Å². The Morgan fingerprint density at radius 1 is 1.29 bits per heavy atom. The van der Waals surface area contributed by atoms with E-state index in [1.807, 2.05) is 0 Å². The van der Waals surface area contributed by atoms with Crippen LogP contribution < -0.4 is 0 Å². The van der Waals surface area contributed by atoms with Crippen LogP contribution >= 0.6 is 0 Å². The van der Waals surface area contributed by atoms with Crippen LogP contribution in [0.5, 0.6) is 0 Å². The van der Waals surface area contributed by atoms with Crippen LogP contribution in [0.15, 0.2) is 18.2 Å². The lowest BCUT2D eigenvalue weighted by Crippen LogP contribution is -2.59. The molecule has 1 fully saturated rings. The summed E-state index contributed by atoms with van der Waals surface area (Å²) >= 11 is 0. The molecule has 0 saturated carbocycles. The van der Waals surface area contributed by atoms with Gasteiger partial charge in [0, 0.05) is 19.6 Å². The first-order valence-corrected chi connectivity index (χ1v) is 8.33. The molecule has 0 radical (unpaired) electrons. The standard InChI is InChI=1S/C18H28N2O4/c1-14-5-6-15(2)16(13-14)7-10-20(22)18(17(21)23-3)8-11-19(24-4)12-9-18/h5-6,13,22H,7-12H2,1-4H3. The van der Waals surface area contributed by atoms with Gasteiger partial charge in [-0.15, -0.1) is 0 Å². The minimum atomic E-state index is -0.999. The second-order valence-corrected chi connectivity index (χ2v) is 6.44. The van der Waals surface area contributed by atoms with Crippen molar-refractivity contribution < 1.29 is 19.6 Å². The Labute approximate surface area is 143 Å². The number of hydroxylamine groups is 4. The van der Waals surface area contributed by atoms with Crippen molar-refractivity contribution in [2.24, 2.45) is 0 Å². The van der Waals surface area contributed by atoms with Gasteiger partial charge in [0.05, 0.1) is 14.2 Å². The van der Waals surface area contributed by atoms with Crippen molar-refractivity contribution >= 4 is 5.97 Å². The molecule has 134 valence electrons. The lowest BCUT2D eigenvalue weighted by Gasteiger charge is -2.42. The number of carbonyl (C=O) groups is 1. The summed E-state index contributed by atoms with van der Waals surface area (Å²) in [6.07, 6.45) is 1.62. The van der Waals surface area contributed by atoms with E-state index in [1.54, 1.807) is 12.2 Å². The third-order valence-corrected chi connectivity index (χ3v) is 4.96. The molecule has 1 heterocycles. The van der Waals surface area contributed by atoms with Crippen LogP contribution in [-0.4, -0.2) is 60.7 Å². The van der Waals surface area contributed by atoms with Gasteiger partial charge in [-0.2, -0.15) is 10.1 Å². The number of hydrogen-bond acceptors (Lipinski definition) is 6. The zero-order valence-corrected chi connectivity index (χ0v) is 15.0. The van der Waals surface area contributed by atoms with Crippen LogP contribution in [0.4, 0.5) is 0 Å². The van der Waals surface area contributed by atoms with Crippen LogP contribution in [-0.2, 0) is 20.8 Å². The number of esters is 1. The third-order valence-electron chi connectivity index (χ3n) is 4.96. The molecule has 0 amide bonds. The maximum absolute atomic E-state index is 12.4. The molecule has 1 aromatic rings. The number of aryl methyl sites for hydroxylation is 2. The number of nitrogens with zero attached hydrogens (tertiary/aromatic N) is 2. The van der Waals surface area contributed by atoms with E-state index in [9.17, 15) is 10.0 Å². The number of hydrogen-bond donors (Lipinski definition) is 1. The predicted molar refractivity (Wildman–Crippen MR) is 90.7 cm³/mol. The maximum Gasteiger partial charge on any atom is 0.328 e. The van der Waals surface area contributed by atoms with Gasteiger partial charge in [-0.1, -0.05) is 23.8 Å². The van der Waals surface area contributed by atoms with Crippen LogP contribution in [0.1, 0.15) is 29.5 Å². The summed E-state index contributed by atoms with van der Waals surface area (Å²) in [4.78, 5) is 17.6. The summed E-state index contributed by atoms with van der Waals surface area (Å²) in [7, 11) is 2.98. The van der Waals surface area contributed by atoms with Crippen molar-refractivity contribution in [2.75, 3.05) is 33.9 Å². The molecule has 0 aromatic heterocycles. The molecule has 0 unspecified atom stereocenters. The van der Waals surface area contributed by atoms with Crippen molar-refractivity contribution in [2.45, 2.75) is 38.6 Å². The fourth-order valence-electron chi connectivity index (χ4n) is 3.31. The predicted octanol–water partition coefficient (Wildman–Crippen LogP) is 2.11. The minimum Gasteiger partial charge on any atom is -0.468 e. The average Bonchev–Trinajstić information content (AvgIpc) is 2.61. The number of methoxy groups -OCH3 is 1. The van der Waals surface area contributed by atoms with E-state index >= 15 is 0 Å². The van der Waals surface area contributed by atoms with Gasteiger partial charge in [0.2, 0.25) is 0 Å². The molecule has 6 heteroatoms. The number of carbonyl (C=O) groups excluding carboxylic acids is 1. The van der Waals surface area contributed by atoms with E-state index < -0.39 is 5.54 Å². The van der Waals surface area contributed by atoms with Gasteiger partial charge in [-0.3, -0.25) is 0 Å². The first kappa shape index (κ1) is 18.9. The number of rotatable bonds is 6. The summed E-state index contributed by atoms with van der Waals surface area (Å²) in [5, 5.41) is 13.6. The Kier molecular flexibility index (Phi) is 6.34. The second kappa shape index (κ2) is 8.07. The molecule has 1 aromatic carbocycles. The Balaban J connectivity index is 2.09. The van der Waals surface area contributed by atoms with Crippen LogP contribution in [0.25, 0.3) is 0 Å². The molecule has 2 rings (SSSR count). The highest BCUT2D eigenvalue weighted by Gasteiger charge is 2.47. The highest BCUT2D eigenvalue weighted by molar-refractivity contribution is 5.80. The molecular formula is C18H28N2O4. The molecule has 0 atom stereocenters. The van der Waals surface area contributed by atoms with Gasteiger partial charge < -0.3 is 14.8 Å². The van der Waals surface area contributed by atoms with E-state index in [0.29, 0.717) is 38.9 Å². The van der Waals surface area contributed by atoms with Crippen molar-refractivity contribution in [1.29, 1.82) is 0 Å². The normalized spacial score (nSPS) is 17.9. The molecule has 0 bridgehead atoms. The van der Waals surface area contributed by atoms with E-state index in [0.717, 1.165) is 0 Å². The average molecular weight is 336 g/mol. The lowest BCUT2D eigenvalue weighted by molar-refractivity contribution is -0.229. The fraction of sp³-hybridized carbons (Fsp3) is 0.611. The molecule has 24 heavy (non-hydrogen) atoms. The smallest absolute Gasteiger partial charge is 0.328 e. The van der Waals surface area contributed by atoms with Crippen molar-refractivity contribution in [3.8, 4) is 0 Å². The number of ether oxygens (including phenoxy) is 1. The Bertz CT molecular complexity index is 568. The summed E-state index contributed by atoms with van der Waals surface area (Å²) in [6.45, 7) is 5.64. The number of piperidine rings is 1. The zero-order valence-electron chi connectivity index (χ0n) is 15.0. The molecule has 1 N–H and O–H groups in total. The highest BCUT2D eigenvalue weighted by atomic mass is 16.7. The first-order chi connectivity index (χ1) is 11.4. The van der Waals surface area contributed by atoms with E-state index in [-0.39, 0.29) is 5.97 Å². The van der Waals surface area contributed by atoms with Crippen LogP contribution in [0, 0.1) is 13.8 Å². The molecule has 0 aliphatic carbocycles. The highest BCUT2D eigenvalue weighted by Crippen LogP contribution is 2.30. The first-order valence-electron chi connectivity index (χ1n) is 8.33. The topological polar surface area (TPSA) is 62.2 Å². The third kappa shape index (κ3) is 3.95. The van der Waals surface area contributed by atoms with Gasteiger partial charge in [-0.05, 0) is 44.2 Å². The Hall–Kier alpha value is -1.47. The van der Waals surface area contributed by atoms with Crippen molar-refractivity contribution in [1.82, 2.24) is 10.1 Å². The maximum atomic E-state index is 12.4. The molecule has 1 saturated heterocycles. The quantitative estimate of drug-likeness (QED) is 0.634. The molecule has 1 aliphatic heterocycles. The van der Waals surface area contributed by atoms with Gasteiger partial charge >= 0.3 is 5.97 Å². The van der Waals surface area contributed by atoms with Gasteiger partial charge in [0.1, 0.15) is 5.54 Å². The molecule has 6 nitrogen and oxygen atoms in total. The SMILES string of the molecule is COC(=O)C1(N(O)CCc2cc(C)ccc2C)CCN(OC)CC1. The summed E-state index contributed by atoms with van der Waals surface area (Å²) < 4.78 is 4.98. The van der Waals surface area contributed by atoms with E-state index in [4.69, 9.17) is 9.57 Å². The molecular weight excluding hydrogens is 308 g/mol. The molecule has 1 aliphatic rings. The van der Waals surface area contributed by atoms with Crippen LogP contribution in [0.2, 0.25) is 0 Å². The monoisotopic (exact) mass is 336 g/mol. The second-order valence-electron chi connectivity index (χ2n) is 6.44.